The molecule has 0 unspecified atom stereocenters. The first-order chi connectivity index (χ1) is 12.9. The molecule has 0 bridgehead atoms. The number of ether oxygens (including phenoxy) is 2. The maximum Gasteiger partial charge on any atom is 0.191 e. The molecule has 1 aliphatic heterocycles. The van der Waals surface area contributed by atoms with Crippen molar-refractivity contribution in [3.63, 3.8) is 0 Å². The molecule has 28 heavy (non-hydrogen) atoms. The normalized spacial score (nSPS) is 16.9. The Morgan fingerprint density at radius 1 is 1.29 bits per heavy atom. The lowest BCUT2D eigenvalue weighted by molar-refractivity contribution is 0.0505. The molecular formula is C21H36IN3O2S. The summed E-state index contributed by atoms with van der Waals surface area (Å²) in [5.41, 5.74) is 2.49. The van der Waals surface area contributed by atoms with Crippen LogP contribution in [-0.4, -0.2) is 57.4 Å². The third kappa shape index (κ3) is 6.69. The molecule has 1 aromatic rings. The molecule has 2 rings (SSSR count). The fraction of sp³-hybridized carbons (Fsp3) is 0.667. The molecule has 0 saturated carbocycles. The highest BCUT2D eigenvalue weighted by atomic mass is 127. The molecule has 1 aromatic carbocycles. The van der Waals surface area contributed by atoms with Crippen molar-refractivity contribution >= 4 is 41.7 Å². The number of halogens is 1. The van der Waals surface area contributed by atoms with Crippen LogP contribution in [-0.2, 0) is 10.2 Å². The van der Waals surface area contributed by atoms with Gasteiger partial charge in [0.1, 0.15) is 5.75 Å². The highest BCUT2D eigenvalue weighted by Crippen LogP contribution is 2.40. The van der Waals surface area contributed by atoms with Crippen molar-refractivity contribution in [3.05, 3.63) is 29.3 Å². The van der Waals surface area contributed by atoms with E-state index >= 15 is 0 Å². The molecule has 0 aliphatic carbocycles. The monoisotopic (exact) mass is 521 g/mol. The SMILES string of the molecule is CN=C(NCC(C)(C)SC)NCC1(c2cc(C)ccc2OC)CCOCC1.I. The lowest BCUT2D eigenvalue weighted by Gasteiger charge is -2.39. The van der Waals surface area contributed by atoms with Gasteiger partial charge in [-0.1, -0.05) is 17.7 Å². The van der Waals surface area contributed by atoms with Crippen LogP contribution in [0.15, 0.2) is 23.2 Å². The van der Waals surface area contributed by atoms with Crippen LogP contribution >= 0.6 is 35.7 Å². The van der Waals surface area contributed by atoms with Gasteiger partial charge in [-0.3, -0.25) is 4.99 Å². The summed E-state index contributed by atoms with van der Waals surface area (Å²) in [6.45, 7) is 9.79. The topological polar surface area (TPSA) is 54.9 Å². The van der Waals surface area contributed by atoms with Gasteiger partial charge in [-0.15, -0.1) is 24.0 Å². The first-order valence-electron chi connectivity index (χ1n) is 9.58. The van der Waals surface area contributed by atoms with Crippen LogP contribution in [0.25, 0.3) is 0 Å². The van der Waals surface area contributed by atoms with E-state index in [1.165, 1.54) is 11.1 Å². The fourth-order valence-electron chi connectivity index (χ4n) is 3.38. The first kappa shape index (κ1) is 25.4. The number of hydrogen-bond donors (Lipinski definition) is 2. The van der Waals surface area contributed by atoms with E-state index in [0.29, 0.717) is 0 Å². The summed E-state index contributed by atoms with van der Waals surface area (Å²) in [4.78, 5) is 4.42. The maximum atomic E-state index is 5.70. The van der Waals surface area contributed by atoms with Gasteiger partial charge in [0.2, 0.25) is 0 Å². The Labute approximate surface area is 191 Å². The Kier molecular flexibility index (Phi) is 10.4. The summed E-state index contributed by atoms with van der Waals surface area (Å²) < 4.78 is 11.5. The van der Waals surface area contributed by atoms with E-state index < -0.39 is 0 Å². The van der Waals surface area contributed by atoms with Crippen molar-refractivity contribution in [2.75, 3.05) is 46.7 Å². The number of methoxy groups -OCH3 is 1. The van der Waals surface area contributed by atoms with Gasteiger partial charge in [-0.2, -0.15) is 11.8 Å². The number of guanidine groups is 1. The predicted molar refractivity (Wildman–Crippen MR) is 132 cm³/mol. The number of thioether (sulfide) groups is 1. The van der Waals surface area contributed by atoms with Crippen LogP contribution in [0.1, 0.15) is 37.8 Å². The van der Waals surface area contributed by atoms with E-state index in [4.69, 9.17) is 9.47 Å². The quantitative estimate of drug-likeness (QED) is 0.323. The van der Waals surface area contributed by atoms with E-state index in [-0.39, 0.29) is 34.1 Å². The molecule has 1 heterocycles. The number of aliphatic imine (C=N–C) groups is 1. The third-order valence-corrected chi connectivity index (χ3v) is 6.68. The third-order valence-electron chi connectivity index (χ3n) is 5.43. The van der Waals surface area contributed by atoms with Crippen molar-refractivity contribution in [1.82, 2.24) is 10.6 Å². The second-order valence-corrected chi connectivity index (χ2v) is 9.35. The minimum atomic E-state index is -0.0255. The molecular weight excluding hydrogens is 485 g/mol. The van der Waals surface area contributed by atoms with Crippen LogP contribution in [0.2, 0.25) is 0 Å². The minimum absolute atomic E-state index is 0. The summed E-state index contributed by atoms with van der Waals surface area (Å²) in [7, 11) is 3.57. The van der Waals surface area contributed by atoms with E-state index in [1.807, 2.05) is 18.8 Å². The standard InChI is InChI=1S/C21H35N3O2S.HI/c1-16-7-8-18(25-5)17(13-16)21(9-11-26-12-10-21)15-24-19(22-4)23-14-20(2,3)27-6;/h7-8,13H,9-12,14-15H2,1-6H3,(H2,22,23,24);1H. The predicted octanol–water partition coefficient (Wildman–Crippen LogP) is 3.98. The zero-order valence-electron chi connectivity index (χ0n) is 18.1. The Balaban J connectivity index is 0.00000392. The number of benzene rings is 1. The molecule has 0 aromatic heterocycles. The van der Waals surface area contributed by atoms with Gasteiger partial charge in [0.25, 0.3) is 0 Å². The number of nitrogens with one attached hydrogen (secondary N) is 2. The van der Waals surface area contributed by atoms with E-state index in [1.54, 1.807) is 7.11 Å². The Hall–Kier alpha value is -0.670. The first-order valence-corrected chi connectivity index (χ1v) is 10.8. The van der Waals surface area contributed by atoms with Crippen molar-refractivity contribution in [2.24, 2.45) is 4.99 Å². The summed E-state index contributed by atoms with van der Waals surface area (Å²) in [5.74, 6) is 1.80. The van der Waals surface area contributed by atoms with Crippen LogP contribution in [0.5, 0.6) is 5.75 Å². The van der Waals surface area contributed by atoms with Crippen LogP contribution in [0.4, 0.5) is 0 Å². The lowest BCUT2D eigenvalue weighted by atomic mass is 9.73. The Morgan fingerprint density at radius 2 is 1.96 bits per heavy atom. The number of aryl methyl sites for hydroxylation is 1. The highest BCUT2D eigenvalue weighted by molar-refractivity contribution is 14.0. The molecule has 160 valence electrons. The summed E-state index contributed by atoms with van der Waals surface area (Å²) >= 11 is 1.85. The Morgan fingerprint density at radius 3 is 2.54 bits per heavy atom. The molecule has 0 atom stereocenters. The van der Waals surface area contributed by atoms with Crippen LogP contribution in [0, 0.1) is 6.92 Å². The molecule has 0 spiro atoms. The van der Waals surface area contributed by atoms with Gasteiger partial charge >= 0.3 is 0 Å². The van der Waals surface area contributed by atoms with Crippen LogP contribution < -0.4 is 15.4 Å². The maximum absolute atomic E-state index is 5.70. The van der Waals surface area contributed by atoms with Gasteiger partial charge in [0.15, 0.2) is 5.96 Å². The molecule has 5 nitrogen and oxygen atoms in total. The molecule has 0 radical (unpaired) electrons. The molecule has 2 N–H and O–H groups in total. The smallest absolute Gasteiger partial charge is 0.191 e. The largest absolute Gasteiger partial charge is 0.496 e. The average Bonchev–Trinajstić information content (AvgIpc) is 2.68. The second-order valence-electron chi connectivity index (χ2n) is 7.84. The second kappa shape index (κ2) is 11.5. The van der Waals surface area contributed by atoms with E-state index in [9.17, 15) is 0 Å². The van der Waals surface area contributed by atoms with Crippen molar-refractivity contribution in [3.8, 4) is 5.75 Å². The molecule has 0 amide bonds. The minimum Gasteiger partial charge on any atom is -0.496 e. The van der Waals surface area contributed by atoms with Gasteiger partial charge in [0, 0.05) is 49.1 Å². The van der Waals surface area contributed by atoms with Crippen LogP contribution in [0.3, 0.4) is 0 Å². The summed E-state index contributed by atoms with van der Waals surface area (Å²) in [5, 5.41) is 7.03. The van der Waals surface area contributed by atoms with E-state index in [2.05, 4.69) is 60.9 Å². The summed E-state index contributed by atoms with van der Waals surface area (Å²) in [6, 6.07) is 6.45. The van der Waals surface area contributed by atoms with Gasteiger partial charge < -0.3 is 20.1 Å². The average molecular weight is 522 g/mol. The number of hydrogen-bond acceptors (Lipinski definition) is 4. The summed E-state index contributed by atoms with van der Waals surface area (Å²) in [6.07, 6.45) is 4.07. The van der Waals surface area contributed by atoms with Gasteiger partial charge in [-0.25, -0.2) is 0 Å². The van der Waals surface area contributed by atoms with E-state index in [0.717, 1.165) is 50.9 Å². The van der Waals surface area contributed by atoms with Gasteiger partial charge in [-0.05, 0) is 45.9 Å². The molecule has 7 heteroatoms. The highest BCUT2D eigenvalue weighted by Gasteiger charge is 2.37. The van der Waals surface area contributed by atoms with Crippen molar-refractivity contribution in [2.45, 2.75) is 43.8 Å². The molecule has 1 aliphatic rings. The molecule has 1 saturated heterocycles. The zero-order valence-corrected chi connectivity index (χ0v) is 21.2. The lowest BCUT2D eigenvalue weighted by Crippen LogP contribution is -2.50. The fourth-order valence-corrected chi connectivity index (χ4v) is 3.60. The Bertz CT molecular complexity index is 647. The number of rotatable bonds is 7. The van der Waals surface area contributed by atoms with Gasteiger partial charge in [0.05, 0.1) is 7.11 Å². The van der Waals surface area contributed by atoms with Crippen molar-refractivity contribution in [1.29, 1.82) is 0 Å². The zero-order chi connectivity index (χ0) is 19.9. The molecule has 1 fully saturated rings. The van der Waals surface area contributed by atoms with Crippen molar-refractivity contribution < 1.29 is 9.47 Å². The number of nitrogens with zero attached hydrogens (tertiary/aromatic N) is 1.